The van der Waals surface area contributed by atoms with E-state index in [-0.39, 0.29) is 36.5 Å². The van der Waals surface area contributed by atoms with E-state index in [1.54, 1.807) is 13.1 Å². The molecule has 2 heterocycles. The number of nitrogens with zero attached hydrogens (tertiary/aromatic N) is 1. The summed E-state index contributed by atoms with van der Waals surface area (Å²) in [7, 11) is 0. The van der Waals surface area contributed by atoms with Crippen LogP contribution >= 0.6 is 11.6 Å². The Morgan fingerprint density at radius 2 is 2.08 bits per heavy atom. The Hall–Kier alpha value is -1.81. The van der Waals surface area contributed by atoms with Crippen molar-refractivity contribution in [1.29, 1.82) is 0 Å². The maximum absolute atomic E-state index is 12.6. The monoisotopic (exact) mass is 361 g/mol. The third kappa shape index (κ3) is 3.20. The molecule has 0 radical (unpaired) electrons. The van der Waals surface area contributed by atoms with Crippen LogP contribution < -0.4 is 0 Å². The second kappa shape index (κ2) is 6.83. The zero-order chi connectivity index (χ0) is 18.3. The van der Waals surface area contributed by atoms with Gasteiger partial charge >= 0.3 is 5.97 Å². The lowest BCUT2D eigenvalue weighted by Gasteiger charge is -2.46. The minimum absolute atomic E-state index is 0.0695. The zero-order valence-electron chi connectivity index (χ0n) is 15.1. The molecular weight excluding hydrogens is 338 g/mol. The highest BCUT2D eigenvalue weighted by Crippen LogP contribution is 2.42. The highest BCUT2D eigenvalue weighted by atomic mass is 35.5. The normalized spacial score (nSPS) is 22.4. The molecule has 0 bridgehead atoms. The molecule has 0 aromatic heterocycles. The standard InChI is InChI=1S/C20H24ClNO3/c1-5-25-20(24)15-10-22-17(11(2)3)7-13-6-12(4)16(21)8-14(13)18(22)9-19(15)23/h6,8,10-11,17-18H,5,7,9H2,1-4H3. The van der Waals surface area contributed by atoms with Crippen molar-refractivity contribution in [3.8, 4) is 0 Å². The Kier molecular flexibility index (Phi) is 4.92. The minimum atomic E-state index is -0.527. The molecule has 5 heteroatoms. The SMILES string of the molecule is CCOC(=O)C1=CN2C(CC1=O)c1cc(Cl)c(C)cc1CC2C(C)C. The van der Waals surface area contributed by atoms with Crippen LogP contribution in [-0.2, 0) is 20.7 Å². The number of rotatable bonds is 3. The van der Waals surface area contributed by atoms with E-state index in [9.17, 15) is 9.59 Å². The molecule has 2 aliphatic heterocycles. The third-order valence-corrected chi connectivity index (χ3v) is 5.58. The molecule has 0 aliphatic carbocycles. The van der Waals surface area contributed by atoms with Crippen LogP contribution in [0, 0.1) is 12.8 Å². The first-order valence-corrected chi connectivity index (χ1v) is 9.19. The molecule has 0 spiro atoms. The van der Waals surface area contributed by atoms with Gasteiger partial charge in [-0.25, -0.2) is 4.79 Å². The molecule has 0 saturated heterocycles. The molecule has 4 nitrogen and oxygen atoms in total. The molecule has 2 atom stereocenters. The van der Waals surface area contributed by atoms with Gasteiger partial charge in [0.15, 0.2) is 5.78 Å². The van der Waals surface area contributed by atoms with Gasteiger partial charge in [-0.15, -0.1) is 0 Å². The van der Waals surface area contributed by atoms with E-state index in [4.69, 9.17) is 16.3 Å². The van der Waals surface area contributed by atoms with Crippen molar-refractivity contribution in [2.24, 2.45) is 5.92 Å². The van der Waals surface area contributed by atoms with Gasteiger partial charge in [0, 0.05) is 23.7 Å². The first kappa shape index (κ1) is 18.0. The number of fused-ring (bicyclic) bond motifs is 3. The van der Waals surface area contributed by atoms with E-state index in [0.29, 0.717) is 10.9 Å². The second-order valence-electron chi connectivity index (χ2n) is 7.17. The van der Waals surface area contributed by atoms with Gasteiger partial charge < -0.3 is 9.64 Å². The fourth-order valence-electron chi connectivity index (χ4n) is 3.83. The van der Waals surface area contributed by atoms with Gasteiger partial charge in [-0.1, -0.05) is 31.5 Å². The van der Waals surface area contributed by atoms with E-state index in [1.165, 1.54) is 5.56 Å². The Morgan fingerprint density at radius 1 is 1.36 bits per heavy atom. The van der Waals surface area contributed by atoms with Crippen LogP contribution in [-0.4, -0.2) is 29.3 Å². The van der Waals surface area contributed by atoms with Crippen LogP contribution in [0.1, 0.15) is 49.9 Å². The number of benzene rings is 1. The van der Waals surface area contributed by atoms with Crippen LogP contribution in [0.5, 0.6) is 0 Å². The third-order valence-electron chi connectivity index (χ3n) is 5.17. The van der Waals surface area contributed by atoms with Gasteiger partial charge in [-0.05, 0) is 48.9 Å². The van der Waals surface area contributed by atoms with Gasteiger partial charge in [0.2, 0.25) is 0 Å². The molecule has 1 aromatic carbocycles. The summed E-state index contributed by atoms with van der Waals surface area (Å²) in [4.78, 5) is 26.9. The number of ketones is 1. The fourth-order valence-corrected chi connectivity index (χ4v) is 4.00. The maximum Gasteiger partial charge on any atom is 0.343 e. The summed E-state index contributed by atoms with van der Waals surface area (Å²) >= 11 is 6.34. The van der Waals surface area contributed by atoms with E-state index in [2.05, 4.69) is 24.8 Å². The highest BCUT2D eigenvalue weighted by molar-refractivity contribution is 6.31. The van der Waals surface area contributed by atoms with Gasteiger partial charge in [-0.3, -0.25) is 4.79 Å². The summed E-state index contributed by atoms with van der Waals surface area (Å²) in [5.41, 5.74) is 3.56. The summed E-state index contributed by atoms with van der Waals surface area (Å²) < 4.78 is 5.06. The Labute approximate surface area is 153 Å². The fraction of sp³-hybridized carbons (Fsp3) is 0.500. The summed E-state index contributed by atoms with van der Waals surface area (Å²) in [6, 6.07) is 4.28. The number of ether oxygens (including phenoxy) is 1. The van der Waals surface area contributed by atoms with Crippen molar-refractivity contribution in [2.75, 3.05) is 6.61 Å². The lowest BCUT2D eigenvalue weighted by molar-refractivity contribution is -0.140. The largest absolute Gasteiger partial charge is 0.462 e. The quantitative estimate of drug-likeness (QED) is 0.603. The second-order valence-corrected chi connectivity index (χ2v) is 7.58. The molecule has 0 fully saturated rings. The van der Waals surface area contributed by atoms with E-state index >= 15 is 0 Å². The Bertz CT molecular complexity index is 754. The Morgan fingerprint density at radius 3 is 2.72 bits per heavy atom. The van der Waals surface area contributed by atoms with Crippen molar-refractivity contribution in [3.63, 3.8) is 0 Å². The van der Waals surface area contributed by atoms with Gasteiger partial charge in [0.05, 0.1) is 12.6 Å². The van der Waals surface area contributed by atoms with E-state index < -0.39 is 5.97 Å². The smallest absolute Gasteiger partial charge is 0.343 e. The minimum Gasteiger partial charge on any atom is -0.462 e. The van der Waals surface area contributed by atoms with Gasteiger partial charge in [0.25, 0.3) is 0 Å². The van der Waals surface area contributed by atoms with Crippen LogP contribution in [0.4, 0.5) is 0 Å². The molecule has 1 aromatic rings. The lowest BCUT2D eigenvalue weighted by atomic mass is 9.79. The van der Waals surface area contributed by atoms with Crippen molar-refractivity contribution >= 4 is 23.4 Å². The lowest BCUT2D eigenvalue weighted by Crippen LogP contribution is -2.47. The number of esters is 1. The predicted molar refractivity (Wildman–Crippen MR) is 97.4 cm³/mol. The van der Waals surface area contributed by atoms with Crippen molar-refractivity contribution in [1.82, 2.24) is 4.90 Å². The first-order chi connectivity index (χ1) is 11.8. The zero-order valence-corrected chi connectivity index (χ0v) is 15.9. The van der Waals surface area contributed by atoms with Crippen LogP contribution in [0.25, 0.3) is 0 Å². The average Bonchev–Trinajstić information content (AvgIpc) is 2.55. The molecule has 2 unspecified atom stereocenters. The summed E-state index contributed by atoms with van der Waals surface area (Å²) in [6.45, 7) is 8.35. The van der Waals surface area contributed by atoms with Crippen molar-refractivity contribution in [2.45, 2.75) is 52.6 Å². The first-order valence-electron chi connectivity index (χ1n) is 8.82. The van der Waals surface area contributed by atoms with Crippen molar-refractivity contribution in [3.05, 3.63) is 45.6 Å². The Balaban J connectivity index is 2.08. The van der Waals surface area contributed by atoms with E-state index in [0.717, 1.165) is 17.5 Å². The number of hydrogen-bond donors (Lipinski definition) is 0. The molecule has 0 N–H and O–H groups in total. The molecule has 25 heavy (non-hydrogen) atoms. The van der Waals surface area contributed by atoms with Crippen LogP contribution in [0.2, 0.25) is 5.02 Å². The molecule has 134 valence electrons. The molecule has 0 amide bonds. The average molecular weight is 362 g/mol. The number of halogens is 1. The number of Topliss-reactive ketones (excluding diaryl/α,β-unsaturated/α-hetero) is 1. The van der Waals surface area contributed by atoms with Crippen LogP contribution in [0.3, 0.4) is 0 Å². The summed E-state index contributed by atoms with van der Waals surface area (Å²) in [5.74, 6) is -0.299. The van der Waals surface area contributed by atoms with Crippen molar-refractivity contribution < 1.29 is 14.3 Å². The predicted octanol–water partition coefficient (Wildman–Crippen LogP) is 3.99. The number of aryl methyl sites for hydroxylation is 1. The molecule has 2 aliphatic rings. The molecule has 3 rings (SSSR count). The number of carbonyl (C=O) groups is 2. The maximum atomic E-state index is 12.6. The van der Waals surface area contributed by atoms with Gasteiger partial charge in [-0.2, -0.15) is 0 Å². The van der Waals surface area contributed by atoms with E-state index in [1.807, 2.05) is 13.0 Å². The van der Waals surface area contributed by atoms with Gasteiger partial charge in [0.1, 0.15) is 5.57 Å². The highest BCUT2D eigenvalue weighted by Gasteiger charge is 2.40. The van der Waals surface area contributed by atoms with Crippen LogP contribution in [0.15, 0.2) is 23.9 Å². The number of carbonyl (C=O) groups excluding carboxylic acids is 2. The molecule has 0 saturated carbocycles. The summed E-state index contributed by atoms with van der Waals surface area (Å²) in [5, 5.41) is 0.717. The number of hydrogen-bond acceptors (Lipinski definition) is 4. The molecular formula is C20H24ClNO3. The summed E-state index contributed by atoms with van der Waals surface area (Å²) in [6.07, 6.45) is 2.87. The topological polar surface area (TPSA) is 46.6 Å².